The maximum atomic E-state index is 12.3. The van der Waals surface area contributed by atoms with Crippen molar-refractivity contribution < 1.29 is 14.3 Å². The van der Waals surface area contributed by atoms with E-state index in [-0.39, 0.29) is 5.60 Å². The Hall–Kier alpha value is -1.11. The number of thioether (sulfide) groups is 1. The zero-order chi connectivity index (χ0) is 15.3. The van der Waals surface area contributed by atoms with Crippen molar-refractivity contribution in [1.29, 1.82) is 0 Å². The molecular formula is C16H14BrNO3S. The standard InChI is InChI=1S/C16H14BrNO3S/c17-9-1-2-10-11(7-9)14-15(13(20)12(10)19)22-8-16(21-14)3-5-18-6-4-16/h1-2,7,18H,3-6,8H2. The van der Waals surface area contributed by atoms with Crippen molar-refractivity contribution in [3.8, 4) is 0 Å². The zero-order valence-corrected chi connectivity index (χ0v) is 14.2. The lowest BCUT2D eigenvalue weighted by atomic mass is 9.90. The minimum absolute atomic E-state index is 0.227. The van der Waals surface area contributed by atoms with Crippen molar-refractivity contribution >= 4 is 45.0 Å². The molecule has 2 heterocycles. The van der Waals surface area contributed by atoms with Gasteiger partial charge in [-0.25, -0.2) is 0 Å². The summed E-state index contributed by atoms with van der Waals surface area (Å²) in [6.45, 7) is 1.84. The average Bonchev–Trinajstić information content (AvgIpc) is 2.53. The van der Waals surface area contributed by atoms with E-state index in [1.807, 2.05) is 6.07 Å². The first-order chi connectivity index (χ1) is 10.6. The maximum Gasteiger partial charge on any atom is 0.243 e. The van der Waals surface area contributed by atoms with Crippen LogP contribution in [0.25, 0.3) is 5.76 Å². The van der Waals surface area contributed by atoms with Crippen LogP contribution in [0.3, 0.4) is 0 Å². The van der Waals surface area contributed by atoms with Crippen LogP contribution in [0.5, 0.6) is 0 Å². The number of piperidine rings is 1. The van der Waals surface area contributed by atoms with E-state index < -0.39 is 11.6 Å². The Morgan fingerprint density at radius 3 is 2.68 bits per heavy atom. The van der Waals surface area contributed by atoms with Gasteiger partial charge in [0.25, 0.3) is 0 Å². The molecule has 0 saturated carbocycles. The van der Waals surface area contributed by atoms with Crippen molar-refractivity contribution in [1.82, 2.24) is 5.32 Å². The van der Waals surface area contributed by atoms with Gasteiger partial charge in [-0.2, -0.15) is 0 Å². The number of Topliss-reactive ketones (excluding diaryl/α,β-unsaturated/α-hetero) is 2. The number of hydrogen-bond donors (Lipinski definition) is 1. The number of benzene rings is 1. The highest BCUT2D eigenvalue weighted by Crippen LogP contribution is 2.46. The van der Waals surface area contributed by atoms with Gasteiger partial charge in [0.2, 0.25) is 11.6 Å². The lowest BCUT2D eigenvalue weighted by molar-refractivity contribution is -0.111. The van der Waals surface area contributed by atoms with Gasteiger partial charge in [-0.3, -0.25) is 9.59 Å². The number of ether oxygens (including phenoxy) is 1. The van der Waals surface area contributed by atoms with Gasteiger partial charge >= 0.3 is 0 Å². The van der Waals surface area contributed by atoms with Crippen molar-refractivity contribution in [2.24, 2.45) is 0 Å². The number of carbonyl (C=O) groups excluding carboxylic acids is 2. The second-order valence-corrected chi connectivity index (χ2v) is 7.73. The monoisotopic (exact) mass is 379 g/mol. The van der Waals surface area contributed by atoms with Crippen LogP contribution in [-0.4, -0.2) is 36.0 Å². The van der Waals surface area contributed by atoms with E-state index in [9.17, 15) is 9.59 Å². The second-order valence-electron chi connectivity index (χ2n) is 5.83. The number of rotatable bonds is 0. The van der Waals surface area contributed by atoms with E-state index in [0.29, 0.717) is 16.2 Å². The average molecular weight is 380 g/mol. The fourth-order valence-electron chi connectivity index (χ4n) is 3.16. The van der Waals surface area contributed by atoms with Crippen LogP contribution < -0.4 is 5.32 Å². The summed E-state index contributed by atoms with van der Waals surface area (Å²) in [7, 11) is 0. The summed E-state index contributed by atoms with van der Waals surface area (Å²) >= 11 is 4.91. The molecule has 1 fully saturated rings. The molecule has 1 N–H and O–H groups in total. The van der Waals surface area contributed by atoms with Crippen molar-refractivity contribution in [2.75, 3.05) is 18.8 Å². The number of allylic oxidation sites excluding steroid dienone is 1. The van der Waals surface area contributed by atoms with Crippen LogP contribution >= 0.6 is 27.7 Å². The number of fused-ring (bicyclic) bond motifs is 2. The highest BCUT2D eigenvalue weighted by atomic mass is 79.9. The van der Waals surface area contributed by atoms with Crippen LogP contribution in [0.15, 0.2) is 27.6 Å². The third kappa shape index (κ3) is 2.16. The quantitative estimate of drug-likeness (QED) is 0.702. The lowest BCUT2D eigenvalue weighted by Gasteiger charge is -2.42. The molecule has 1 spiro atoms. The van der Waals surface area contributed by atoms with E-state index in [1.165, 1.54) is 11.8 Å². The maximum absolute atomic E-state index is 12.3. The van der Waals surface area contributed by atoms with Crippen LogP contribution in [-0.2, 0) is 9.53 Å². The van der Waals surface area contributed by atoms with E-state index >= 15 is 0 Å². The van der Waals surface area contributed by atoms with Crippen LogP contribution in [0.4, 0.5) is 0 Å². The molecule has 4 nitrogen and oxygen atoms in total. The molecule has 2 aliphatic heterocycles. The molecule has 0 amide bonds. The first kappa shape index (κ1) is 14.5. The third-order valence-corrected chi connectivity index (χ3v) is 6.23. The lowest BCUT2D eigenvalue weighted by Crippen LogP contribution is -2.48. The number of nitrogens with one attached hydrogen (secondary N) is 1. The van der Waals surface area contributed by atoms with Crippen LogP contribution in [0.1, 0.15) is 28.8 Å². The van der Waals surface area contributed by atoms with E-state index in [4.69, 9.17) is 4.74 Å². The Labute approximate surface area is 140 Å². The second kappa shape index (κ2) is 5.22. The molecule has 0 aromatic heterocycles. The molecule has 1 saturated heterocycles. The fraction of sp³-hybridized carbons (Fsp3) is 0.375. The normalized spacial score (nSPS) is 23.1. The van der Waals surface area contributed by atoms with E-state index in [0.717, 1.165) is 41.7 Å². The minimum atomic E-state index is -0.432. The van der Waals surface area contributed by atoms with Gasteiger partial charge in [0.15, 0.2) is 0 Å². The molecule has 4 rings (SSSR count). The first-order valence-electron chi connectivity index (χ1n) is 7.25. The molecule has 1 aromatic rings. The largest absolute Gasteiger partial charge is 0.484 e. The summed E-state index contributed by atoms with van der Waals surface area (Å²) in [5.41, 5.74) is 0.951. The molecule has 0 radical (unpaired) electrons. The number of carbonyl (C=O) groups is 2. The van der Waals surface area contributed by atoms with Gasteiger partial charge in [0.05, 0.1) is 0 Å². The van der Waals surface area contributed by atoms with Gasteiger partial charge in [0.1, 0.15) is 16.3 Å². The molecule has 3 aliphatic rings. The van der Waals surface area contributed by atoms with Gasteiger partial charge in [-0.05, 0) is 31.3 Å². The molecule has 0 bridgehead atoms. The number of hydrogen-bond acceptors (Lipinski definition) is 5. The van der Waals surface area contributed by atoms with Crippen molar-refractivity contribution in [3.63, 3.8) is 0 Å². The Balaban J connectivity index is 1.83. The highest BCUT2D eigenvalue weighted by Gasteiger charge is 2.45. The predicted molar refractivity (Wildman–Crippen MR) is 88.8 cm³/mol. The minimum Gasteiger partial charge on any atom is -0.484 e. The zero-order valence-electron chi connectivity index (χ0n) is 11.8. The molecule has 0 atom stereocenters. The number of ketones is 2. The molecule has 0 unspecified atom stereocenters. The molecule has 1 aromatic carbocycles. The summed E-state index contributed by atoms with van der Waals surface area (Å²) in [6.07, 6.45) is 1.84. The molecule has 22 heavy (non-hydrogen) atoms. The van der Waals surface area contributed by atoms with Crippen LogP contribution in [0, 0.1) is 0 Å². The van der Waals surface area contributed by atoms with E-state index in [2.05, 4.69) is 21.2 Å². The summed E-state index contributed by atoms with van der Waals surface area (Å²) in [4.78, 5) is 25.1. The predicted octanol–water partition coefficient (Wildman–Crippen LogP) is 2.77. The molecule has 114 valence electrons. The summed E-state index contributed by atoms with van der Waals surface area (Å²) in [5.74, 6) is 0.465. The molecular weight excluding hydrogens is 366 g/mol. The third-order valence-electron chi connectivity index (χ3n) is 4.40. The Bertz CT molecular complexity index is 722. The fourth-order valence-corrected chi connectivity index (χ4v) is 4.79. The summed E-state index contributed by atoms with van der Waals surface area (Å²) in [5, 5.41) is 3.34. The van der Waals surface area contributed by atoms with Gasteiger partial charge in [-0.15, -0.1) is 11.8 Å². The van der Waals surface area contributed by atoms with Crippen LogP contribution in [0.2, 0.25) is 0 Å². The van der Waals surface area contributed by atoms with E-state index in [1.54, 1.807) is 12.1 Å². The Kier molecular flexibility index (Phi) is 3.43. The molecule has 6 heteroatoms. The number of halogens is 1. The smallest absolute Gasteiger partial charge is 0.243 e. The van der Waals surface area contributed by atoms with Crippen molar-refractivity contribution in [2.45, 2.75) is 18.4 Å². The Morgan fingerprint density at radius 1 is 1.14 bits per heavy atom. The first-order valence-corrected chi connectivity index (χ1v) is 9.03. The van der Waals surface area contributed by atoms with Gasteiger partial charge in [0, 0.05) is 34.2 Å². The SMILES string of the molecule is O=C1C(=O)c2ccc(Br)cc2C2=C1SCC1(CCNCC1)O2. The van der Waals surface area contributed by atoms with Gasteiger partial charge < -0.3 is 10.1 Å². The molecule has 1 aliphatic carbocycles. The summed E-state index contributed by atoms with van der Waals surface area (Å²) in [6, 6.07) is 5.35. The topological polar surface area (TPSA) is 55.4 Å². The summed E-state index contributed by atoms with van der Waals surface area (Å²) < 4.78 is 7.22. The van der Waals surface area contributed by atoms with Crippen molar-refractivity contribution in [3.05, 3.63) is 38.7 Å². The van der Waals surface area contributed by atoms with Gasteiger partial charge in [-0.1, -0.05) is 15.9 Å². The Morgan fingerprint density at radius 2 is 1.91 bits per heavy atom. The highest BCUT2D eigenvalue weighted by molar-refractivity contribution is 9.10.